The highest BCUT2D eigenvalue weighted by Gasteiger charge is 2.25. The number of rotatable bonds is 4. The Morgan fingerprint density at radius 2 is 2.09 bits per heavy atom. The number of carbonyl (C=O) groups excluding carboxylic acids is 1. The third-order valence-corrected chi connectivity index (χ3v) is 4.27. The monoisotopic (exact) mass is 295 g/mol. The van der Waals surface area contributed by atoms with Crippen LogP contribution in [0.3, 0.4) is 0 Å². The predicted octanol–water partition coefficient (Wildman–Crippen LogP) is 2.82. The SMILES string of the molecule is O=C(CCc1ccccc1)N1CCCC(c2ccncn2)C1. The molecule has 0 N–H and O–H groups in total. The minimum Gasteiger partial charge on any atom is -0.342 e. The third-order valence-electron chi connectivity index (χ3n) is 4.27. The fourth-order valence-electron chi connectivity index (χ4n) is 3.04. The van der Waals surface area contributed by atoms with Gasteiger partial charge in [-0.3, -0.25) is 4.79 Å². The molecule has 114 valence electrons. The first kappa shape index (κ1) is 14.7. The van der Waals surface area contributed by atoms with Gasteiger partial charge < -0.3 is 4.90 Å². The molecule has 1 aromatic heterocycles. The minimum absolute atomic E-state index is 0.252. The molecule has 1 amide bonds. The van der Waals surface area contributed by atoms with Crippen molar-refractivity contribution in [2.24, 2.45) is 0 Å². The first-order valence-corrected chi connectivity index (χ1v) is 7.90. The predicted molar refractivity (Wildman–Crippen MR) is 85.4 cm³/mol. The van der Waals surface area contributed by atoms with E-state index in [-0.39, 0.29) is 5.91 Å². The summed E-state index contributed by atoms with van der Waals surface area (Å²) in [5.74, 6) is 0.597. The van der Waals surface area contributed by atoms with Gasteiger partial charge >= 0.3 is 0 Å². The zero-order valence-electron chi connectivity index (χ0n) is 12.7. The zero-order valence-corrected chi connectivity index (χ0v) is 12.7. The molecule has 1 atom stereocenters. The maximum atomic E-state index is 12.4. The van der Waals surface area contributed by atoms with Crippen LogP contribution in [0, 0.1) is 0 Å². The first-order chi connectivity index (χ1) is 10.8. The molecule has 1 fully saturated rings. The van der Waals surface area contributed by atoms with E-state index in [1.165, 1.54) is 5.56 Å². The third kappa shape index (κ3) is 3.70. The molecule has 4 nitrogen and oxygen atoms in total. The van der Waals surface area contributed by atoms with Crippen LogP contribution in [0.4, 0.5) is 0 Å². The molecule has 0 bridgehead atoms. The van der Waals surface area contributed by atoms with Crippen LogP contribution in [0.15, 0.2) is 48.9 Å². The lowest BCUT2D eigenvalue weighted by atomic mass is 9.94. The van der Waals surface area contributed by atoms with Crippen LogP contribution in [0.2, 0.25) is 0 Å². The number of hydrogen-bond acceptors (Lipinski definition) is 3. The summed E-state index contributed by atoms with van der Waals surface area (Å²) < 4.78 is 0. The van der Waals surface area contributed by atoms with Crippen molar-refractivity contribution in [3.8, 4) is 0 Å². The van der Waals surface area contributed by atoms with Crippen LogP contribution in [0.25, 0.3) is 0 Å². The smallest absolute Gasteiger partial charge is 0.222 e. The molecule has 1 aromatic carbocycles. The highest BCUT2D eigenvalue weighted by atomic mass is 16.2. The molecule has 0 saturated carbocycles. The summed E-state index contributed by atoms with van der Waals surface area (Å²) in [4.78, 5) is 22.7. The molecule has 1 unspecified atom stereocenters. The average molecular weight is 295 g/mol. The van der Waals surface area contributed by atoms with E-state index in [9.17, 15) is 4.79 Å². The Balaban J connectivity index is 1.56. The number of likely N-dealkylation sites (tertiary alicyclic amines) is 1. The van der Waals surface area contributed by atoms with Crippen molar-refractivity contribution in [2.75, 3.05) is 13.1 Å². The van der Waals surface area contributed by atoms with Crippen LogP contribution in [-0.2, 0) is 11.2 Å². The van der Waals surface area contributed by atoms with Crippen LogP contribution in [0.5, 0.6) is 0 Å². The van der Waals surface area contributed by atoms with E-state index in [1.807, 2.05) is 29.2 Å². The molecule has 1 aliphatic heterocycles. The molecule has 3 rings (SSSR count). The molecule has 4 heteroatoms. The van der Waals surface area contributed by atoms with Crippen molar-refractivity contribution in [1.29, 1.82) is 0 Å². The topological polar surface area (TPSA) is 46.1 Å². The summed E-state index contributed by atoms with van der Waals surface area (Å²) in [6.45, 7) is 1.65. The van der Waals surface area contributed by atoms with E-state index < -0.39 is 0 Å². The maximum Gasteiger partial charge on any atom is 0.222 e. The lowest BCUT2D eigenvalue weighted by Gasteiger charge is -2.32. The van der Waals surface area contributed by atoms with Gasteiger partial charge in [-0.1, -0.05) is 30.3 Å². The highest BCUT2D eigenvalue weighted by molar-refractivity contribution is 5.76. The Labute approximate surface area is 131 Å². The molecular formula is C18H21N3O. The van der Waals surface area contributed by atoms with Crippen LogP contribution >= 0.6 is 0 Å². The number of nitrogens with zero attached hydrogens (tertiary/aromatic N) is 3. The van der Waals surface area contributed by atoms with Gasteiger partial charge in [-0.25, -0.2) is 9.97 Å². The van der Waals surface area contributed by atoms with Crippen molar-refractivity contribution < 1.29 is 4.79 Å². The first-order valence-electron chi connectivity index (χ1n) is 7.90. The van der Waals surface area contributed by atoms with Crippen molar-refractivity contribution in [1.82, 2.24) is 14.9 Å². The quantitative estimate of drug-likeness (QED) is 0.871. The summed E-state index contributed by atoms with van der Waals surface area (Å²) in [5.41, 5.74) is 2.27. The number of aromatic nitrogens is 2. The second-order valence-electron chi connectivity index (χ2n) is 5.80. The summed E-state index contributed by atoms with van der Waals surface area (Å²) in [6, 6.07) is 12.2. The Kier molecular flexibility index (Phi) is 4.78. The van der Waals surface area contributed by atoms with E-state index in [0.717, 1.165) is 38.0 Å². The van der Waals surface area contributed by atoms with E-state index in [4.69, 9.17) is 0 Å². The van der Waals surface area contributed by atoms with Gasteiger partial charge in [0, 0.05) is 37.3 Å². The second-order valence-corrected chi connectivity index (χ2v) is 5.80. The maximum absolute atomic E-state index is 12.4. The molecular weight excluding hydrogens is 274 g/mol. The van der Waals surface area contributed by atoms with E-state index in [0.29, 0.717) is 12.3 Å². The normalized spacial score (nSPS) is 18.2. The largest absolute Gasteiger partial charge is 0.342 e. The van der Waals surface area contributed by atoms with Crippen molar-refractivity contribution >= 4 is 5.91 Å². The van der Waals surface area contributed by atoms with Gasteiger partial charge in [-0.05, 0) is 30.9 Å². The number of piperidine rings is 1. The number of benzene rings is 1. The van der Waals surface area contributed by atoms with Gasteiger partial charge in [0.15, 0.2) is 0 Å². The number of hydrogen-bond donors (Lipinski definition) is 0. The zero-order chi connectivity index (χ0) is 15.2. The minimum atomic E-state index is 0.252. The standard InChI is InChI=1S/C18H21N3O/c22-18(9-8-15-5-2-1-3-6-15)21-12-4-7-16(13-21)17-10-11-19-14-20-17/h1-3,5-6,10-11,14,16H,4,7-9,12-13H2. The van der Waals surface area contributed by atoms with Crippen LogP contribution in [-0.4, -0.2) is 33.9 Å². The summed E-state index contributed by atoms with van der Waals surface area (Å²) >= 11 is 0. The summed E-state index contributed by atoms with van der Waals surface area (Å²) in [5, 5.41) is 0. The van der Waals surface area contributed by atoms with Crippen LogP contribution < -0.4 is 0 Å². The Bertz CT molecular complexity index is 600. The Hall–Kier alpha value is -2.23. The second kappa shape index (κ2) is 7.16. The molecule has 22 heavy (non-hydrogen) atoms. The summed E-state index contributed by atoms with van der Waals surface area (Å²) in [7, 11) is 0. The highest BCUT2D eigenvalue weighted by Crippen LogP contribution is 2.25. The molecule has 1 saturated heterocycles. The van der Waals surface area contributed by atoms with Gasteiger partial charge in [0.05, 0.1) is 0 Å². The van der Waals surface area contributed by atoms with Gasteiger partial charge in [-0.15, -0.1) is 0 Å². The van der Waals surface area contributed by atoms with E-state index in [1.54, 1.807) is 12.5 Å². The lowest BCUT2D eigenvalue weighted by Crippen LogP contribution is -2.39. The fraction of sp³-hybridized carbons (Fsp3) is 0.389. The van der Waals surface area contributed by atoms with Gasteiger partial charge in [0.1, 0.15) is 6.33 Å². The lowest BCUT2D eigenvalue weighted by molar-refractivity contribution is -0.132. The van der Waals surface area contributed by atoms with Crippen molar-refractivity contribution in [3.63, 3.8) is 0 Å². The molecule has 0 spiro atoms. The van der Waals surface area contributed by atoms with Crippen molar-refractivity contribution in [2.45, 2.75) is 31.6 Å². The molecule has 0 aliphatic carbocycles. The van der Waals surface area contributed by atoms with E-state index in [2.05, 4.69) is 22.1 Å². The Morgan fingerprint density at radius 1 is 1.23 bits per heavy atom. The number of aryl methyl sites for hydroxylation is 1. The fourth-order valence-corrected chi connectivity index (χ4v) is 3.04. The molecule has 1 aliphatic rings. The number of amides is 1. The van der Waals surface area contributed by atoms with Gasteiger partial charge in [0.25, 0.3) is 0 Å². The molecule has 2 aromatic rings. The Morgan fingerprint density at radius 3 is 2.86 bits per heavy atom. The number of carbonyl (C=O) groups is 1. The van der Waals surface area contributed by atoms with E-state index >= 15 is 0 Å². The molecule has 2 heterocycles. The molecule has 0 radical (unpaired) electrons. The van der Waals surface area contributed by atoms with Crippen LogP contribution in [0.1, 0.15) is 36.4 Å². The van der Waals surface area contributed by atoms with Gasteiger partial charge in [0.2, 0.25) is 5.91 Å². The average Bonchev–Trinajstić information content (AvgIpc) is 2.61. The summed E-state index contributed by atoms with van der Waals surface area (Å²) in [6.07, 6.45) is 6.91. The van der Waals surface area contributed by atoms with Crippen molar-refractivity contribution in [3.05, 3.63) is 60.2 Å². The van der Waals surface area contributed by atoms with Gasteiger partial charge in [-0.2, -0.15) is 0 Å².